The summed E-state index contributed by atoms with van der Waals surface area (Å²) in [5, 5.41) is 12.8. The van der Waals surface area contributed by atoms with Gasteiger partial charge in [0.25, 0.3) is 10.0 Å². The fraction of sp³-hybridized carbons (Fsp3) is 0.571. The van der Waals surface area contributed by atoms with Crippen LogP contribution in [-0.4, -0.2) is 36.0 Å². The van der Waals surface area contributed by atoms with Crippen molar-refractivity contribution in [3.63, 3.8) is 0 Å². The first kappa shape index (κ1) is 11.2. The molecule has 0 amide bonds. The van der Waals surface area contributed by atoms with E-state index in [9.17, 15) is 8.42 Å². The molecule has 0 aliphatic carbocycles. The molecule has 0 saturated heterocycles. The van der Waals surface area contributed by atoms with Gasteiger partial charge in [0, 0.05) is 13.6 Å². The molecule has 1 heterocycles. The second kappa shape index (κ2) is 4.07. The van der Waals surface area contributed by atoms with Crippen molar-refractivity contribution in [2.24, 2.45) is 7.05 Å². The topological polar surface area (TPSA) is 84.2 Å². The number of aliphatic hydroxyl groups is 1. The van der Waals surface area contributed by atoms with Crippen LogP contribution in [0.1, 0.15) is 6.92 Å². The predicted molar refractivity (Wildman–Crippen MR) is 50.1 cm³/mol. The highest BCUT2D eigenvalue weighted by molar-refractivity contribution is 7.89. The molecule has 1 aromatic rings. The molecule has 1 atom stereocenters. The smallest absolute Gasteiger partial charge is 0.257 e. The Morgan fingerprint density at radius 1 is 1.71 bits per heavy atom. The number of nitrogens with zero attached hydrogens (tertiary/aromatic N) is 2. The maximum atomic E-state index is 11.5. The van der Waals surface area contributed by atoms with Crippen molar-refractivity contribution in [1.82, 2.24) is 14.5 Å². The summed E-state index contributed by atoms with van der Waals surface area (Å²) in [4.78, 5) is 0. The van der Waals surface area contributed by atoms with Gasteiger partial charge in [0.15, 0.2) is 5.03 Å². The second-order valence-electron chi connectivity index (χ2n) is 2.99. The Balaban J connectivity index is 2.82. The lowest BCUT2D eigenvalue weighted by Gasteiger charge is -2.07. The molecule has 0 unspecified atom stereocenters. The standard InChI is InChI=1S/C7H13N3O3S/c1-6(11)5-9-14(12,13)7-3-4-8-10(7)2/h3-4,6,9,11H,5H2,1-2H3/t6-/m1/s1. The first-order valence-electron chi connectivity index (χ1n) is 4.09. The quantitative estimate of drug-likeness (QED) is 0.686. The molecule has 7 heteroatoms. The van der Waals surface area contributed by atoms with Gasteiger partial charge in [-0.15, -0.1) is 0 Å². The molecule has 0 saturated carbocycles. The highest BCUT2D eigenvalue weighted by Gasteiger charge is 2.17. The summed E-state index contributed by atoms with van der Waals surface area (Å²) < 4.78 is 26.6. The Labute approximate surface area is 82.6 Å². The first-order chi connectivity index (χ1) is 6.43. The fourth-order valence-corrected chi connectivity index (χ4v) is 2.17. The zero-order valence-electron chi connectivity index (χ0n) is 8.01. The minimum Gasteiger partial charge on any atom is -0.392 e. The van der Waals surface area contributed by atoms with Gasteiger partial charge in [0.1, 0.15) is 0 Å². The molecule has 1 aromatic heterocycles. The van der Waals surface area contributed by atoms with Crippen molar-refractivity contribution >= 4 is 10.0 Å². The molecule has 0 aromatic carbocycles. The third-order valence-electron chi connectivity index (χ3n) is 1.62. The van der Waals surface area contributed by atoms with Crippen molar-refractivity contribution in [1.29, 1.82) is 0 Å². The number of rotatable bonds is 4. The Morgan fingerprint density at radius 3 is 2.79 bits per heavy atom. The van der Waals surface area contributed by atoms with Crippen molar-refractivity contribution in [2.75, 3.05) is 6.54 Å². The molecular formula is C7H13N3O3S. The Morgan fingerprint density at radius 2 is 2.36 bits per heavy atom. The van der Waals surface area contributed by atoms with Gasteiger partial charge < -0.3 is 5.11 Å². The third kappa shape index (κ3) is 2.53. The summed E-state index contributed by atoms with van der Waals surface area (Å²) in [5.74, 6) is 0. The third-order valence-corrected chi connectivity index (χ3v) is 3.12. The highest BCUT2D eigenvalue weighted by atomic mass is 32.2. The number of hydrogen-bond acceptors (Lipinski definition) is 4. The monoisotopic (exact) mass is 219 g/mol. The lowest BCUT2D eigenvalue weighted by Crippen LogP contribution is -2.31. The average Bonchev–Trinajstić information content (AvgIpc) is 2.48. The minimum absolute atomic E-state index is 0.00644. The molecule has 80 valence electrons. The Bertz CT molecular complexity index is 396. The predicted octanol–water partition coefficient (Wildman–Crippen LogP) is -0.921. The molecule has 1 rings (SSSR count). The summed E-state index contributed by atoms with van der Waals surface area (Å²) in [6, 6.07) is 1.39. The van der Waals surface area contributed by atoms with Crippen molar-refractivity contribution < 1.29 is 13.5 Å². The van der Waals surface area contributed by atoms with Crippen molar-refractivity contribution in [3.8, 4) is 0 Å². The van der Waals surface area contributed by atoms with E-state index in [1.54, 1.807) is 0 Å². The van der Waals surface area contributed by atoms with E-state index in [1.165, 1.54) is 30.9 Å². The van der Waals surface area contributed by atoms with Crippen LogP contribution in [0.15, 0.2) is 17.3 Å². The van der Waals surface area contributed by atoms with Crippen LogP contribution >= 0.6 is 0 Å². The zero-order valence-corrected chi connectivity index (χ0v) is 8.82. The Hall–Kier alpha value is -0.920. The normalized spacial score (nSPS) is 14.2. The molecule has 0 aliphatic rings. The highest BCUT2D eigenvalue weighted by Crippen LogP contribution is 2.05. The molecule has 14 heavy (non-hydrogen) atoms. The van der Waals surface area contributed by atoms with E-state index >= 15 is 0 Å². The molecule has 0 fully saturated rings. The lowest BCUT2D eigenvalue weighted by atomic mass is 10.4. The van der Waals surface area contributed by atoms with E-state index in [0.29, 0.717) is 0 Å². The Kier molecular flexibility index (Phi) is 3.25. The maximum absolute atomic E-state index is 11.5. The van der Waals surface area contributed by atoms with E-state index < -0.39 is 16.1 Å². The van der Waals surface area contributed by atoms with Gasteiger partial charge in [-0.05, 0) is 13.0 Å². The number of aryl methyl sites for hydroxylation is 1. The molecule has 0 radical (unpaired) electrons. The molecule has 0 spiro atoms. The SMILES string of the molecule is C[C@@H](O)CNS(=O)(=O)c1ccnn1C. The maximum Gasteiger partial charge on any atom is 0.257 e. The first-order valence-corrected chi connectivity index (χ1v) is 5.57. The molecule has 2 N–H and O–H groups in total. The van der Waals surface area contributed by atoms with Gasteiger partial charge in [0.05, 0.1) is 12.3 Å². The summed E-state index contributed by atoms with van der Waals surface area (Å²) in [6.07, 6.45) is 0.690. The van der Waals surface area contributed by atoms with Crippen LogP contribution in [-0.2, 0) is 17.1 Å². The summed E-state index contributed by atoms with van der Waals surface area (Å²) in [6.45, 7) is 1.50. The van der Waals surface area contributed by atoms with Crippen LogP contribution in [0.5, 0.6) is 0 Å². The second-order valence-corrected chi connectivity index (χ2v) is 4.71. The minimum atomic E-state index is -3.55. The number of sulfonamides is 1. The van der Waals surface area contributed by atoms with Crippen molar-refractivity contribution in [2.45, 2.75) is 18.1 Å². The molecule has 6 nitrogen and oxygen atoms in total. The molecule has 0 bridgehead atoms. The number of aliphatic hydroxyl groups excluding tert-OH is 1. The molecule has 0 aliphatic heterocycles. The van der Waals surface area contributed by atoms with Crippen LogP contribution in [0.2, 0.25) is 0 Å². The summed E-state index contributed by atoms with van der Waals surface area (Å²) in [5.41, 5.74) is 0. The van der Waals surface area contributed by atoms with Gasteiger partial charge in [-0.3, -0.25) is 4.68 Å². The van der Waals surface area contributed by atoms with Crippen LogP contribution in [0.25, 0.3) is 0 Å². The summed E-state index contributed by atoms with van der Waals surface area (Å²) >= 11 is 0. The number of aromatic nitrogens is 2. The summed E-state index contributed by atoms with van der Waals surface area (Å²) in [7, 11) is -2.01. The molecular weight excluding hydrogens is 206 g/mol. The van der Waals surface area contributed by atoms with Gasteiger partial charge in [-0.2, -0.15) is 5.10 Å². The van der Waals surface area contributed by atoms with E-state index in [1.807, 2.05) is 0 Å². The zero-order chi connectivity index (χ0) is 10.8. The van der Waals surface area contributed by atoms with Gasteiger partial charge >= 0.3 is 0 Å². The largest absolute Gasteiger partial charge is 0.392 e. The number of hydrogen-bond donors (Lipinski definition) is 2. The van der Waals surface area contributed by atoms with Crippen LogP contribution in [0.3, 0.4) is 0 Å². The van der Waals surface area contributed by atoms with E-state index in [2.05, 4.69) is 9.82 Å². The van der Waals surface area contributed by atoms with E-state index in [4.69, 9.17) is 5.11 Å². The lowest BCUT2D eigenvalue weighted by molar-refractivity contribution is 0.198. The van der Waals surface area contributed by atoms with Crippen LogP contribution in [0.4, 0.5) is 0 Å². The number of nitrogens with one attached hydrogen (secondary N) is 1. The van der Waals surface area contributed by atoms with Gasteiger partial charge in [-0.25, -0.2) is 13.1 Å². The van der Waals surface area contributed by atoms with Gasteiger partial charge in [0.2, 0.25) is 0 Å². The van der Waals surface area contributed by atoms with Gasteiger partial charge in [-0.1, -0.05) is 0 Å². The van der Waals surface area contributed by atoms with Crippen LogP contribution in [0, 0.1) is 0 Å². The van der Waals surface area contributed by atoms with E-state index in [-0.39, 0.29) is 11.6 Å². The average molecular weight is 219 g/mol. The van der Waals surface area contributed by atoms with Crippen molar-refractivity contribution in [3.05, 3.63) is 12.3 Å². The van der Waals surface area contributed by atoms with Crippen LogP contribution < -0.4 is 4.72 Å². The fourth-order valence-electron chi connectivity index (χ4n) is 0.930. The van der Waals surface area contributed by atoms with E-state index in [0.717, 1.165) is 0 Å².